The van der Waals surface area contributed by atoms with Crippen LogP contribution in [-0.2, 0) is 0 Å². The van der Waals surface area contributed by atoms with Gasteiger partial charge in [0.25, 0.3) is 0 Å². The molecule has 1 saturated carbocycles. The average molecular weight is 377 g/mol. The van der Waals surface area contributed by atoms with Crippen molar-refractivity contribution in [2.75, 3.05) is 52.4 Å². The van der Waals surface area contributed by atoms with Gasteiger partial charge in [-0.05, 0) is 85.7 Å². The fraction of sp³-hybridized carbons (Fsp3) is 1.00. The predicted molar refractivity (Wildman–Crippen MR) is 114 cm³/mol. The molecule has 3 aliphatic heterocycles. The van der Waals surface area contributed by atoms with Gasteiger partial charge in [0.2, 0.25) is 0 Å². The van der Waals surface area contributed by atoms with E-state index in [1.807, 2.05) is 0 Å². The lowest BCUT2D eigenvalue weighted by Gasteiger charge is -2.60. The fourth-order valence-electron chi connectivity index (χ4n) is 6.03. The van der Waals surface area contributed by atoms with Gasteiger partial charge in [0.15, 0.2) is 0 Å². The lowest BCUT2D eigenvalue weighted by molar-refractivity contribution is -0.102. The molecule has 1 spiro atoms. The highest BCUT2D eigenvalue weighted by Crippen LogP contribution is 2.52. The van der Waals surface area contributed by atoms with Gasteiger partial charge >= 0.3 is 0 Å². The number of hydrogen-bond donors (Lipinski definition) is 0. The summed E-state index contributed by atoms with van der Waals surface area (Å²) in [6.45, 7) is 24.5. The molecule has 4 aliphatic rings. The molecule has 0 amide bonds. The first-order valence-electron chi connectivity index (χ1n) is 11.5. The van der Waals surface area contributed by atoms with Crippen molar-refractivity contribution in [1.29, 1.82) is 0 Å². The molecular formula is C23H44N4. The molecule has 0 aromatic heterocycles. The van der Waals surface area contributed by atoms with E-state index in [0.29, 0.717) is 16.5 Å². The largest absolute Gasteiger partial charge is 0.298 e. The Labute approximate surface area is 168 Å². The zero-order valence-electron chi connectivity index (χ0n) is 18.9. The van der Waals surface area contributed by atoms with Crippen molar-refractivity contribution in [2.24, 2.45) is 5.41 Å². The van der Waals surface area contributed by atoms with Crippen molar-refractivity contribution in [2.45, 2.75) is 90.4 Å². The van der Waals surface area contributed by atoms with E-state index in [9.17, 15) is 0 Å². The quantitative estimate of drug-likeness (QED) is 0.734. The van der Waals surface area contributed by atoms with Gasteiger partial charge in [-0.3, -0.25) is 19.6 Å². The van der Waals surface area contributed by atoms with E-state index in [2.05, 4.69) is 61.1 Å². The minimum Gasteiger partial charge on any atom is -0.298 e. The second-order valence-corrected chi connectivity index (χ2v) is 12.0. The maximum atomic E-state index is 2.81. The summed E-state index contributed by atoms with van der Waals surface area (Å²) in [5.41, 5.74) is 1.39. The maximum absolute atomic E-state index is 2.81. The molecule has 1 aliphatic carbocycles. The van der Waals surface area contributed by atoms with Gasteiger partial charge < -0.3 is 0 Å². The van der Waals surface area contributed by atoms with Crippen LogP contribution in [0.1, 0.15) is 67.2 Å². The highest BCUT2D eigenvalue weighted by atomic mass is 15.4. The van der Waals surface area contributed by atoms with E-state index in [0.717, 1.165) is 12.1 Å². The maximum Gasteiger partial charge on any atom is 0.0351 e. The molecule has 4 fully saturated rings. The summed E-state index contributed by atoms with van der Waals surface area (Å²) < 4.78 is 0. The van der Waals surface area contributed by atoms with Crippen molar-refractivity contribution < 1.29 is 0 Å². The second kappa shape index (κ2) is 6.97. The first kappa shape index (κ1) is 20.1. The Hall–Kier alpha value is -0.160. The molecule has 4 heteroatoms. The number of likely N-dealkylation sites (tertiary alicyclic amines) is 2. The van der Waals surface area contributed by atoms with Crippen molar-refractivity contribution in [1.82, 2.24) is 19.6 Å². The Balaban J connectivity index is 1.16. The SMILES string of the molecule is CC(C)(C)N1CCN(C2CN(C3CC4(CCN(C(C)(C)C)CC4)C3)C2)CC1. The summed E-state index contributed by atoms with van der Waals surface area (Å²) in [7, 11) is 0. The van der Waals surface area contributed by atoms with Crippen LogP contribution in [0.25, 0.3) is 0 Å². The highest BCUT2D eigenvalue weighted by molar-refractivity contribution is 5.05. The van der Waals surface area contributed by atoms with Crippen LogP contribution in [0, 0.1) is 5.41 Å². The standard InChI is InChI=1S/C23H44N4/c1-21(2,3)26-9-7-23(8-10-26)15-19(16-23)25-17-20(18-25)24-11-13-27(14-12-24)22(4,5)6/h19-20H,7-18H2,1-6H3. The van der Waals surface area contributed by atoms with Gasteiger partial charge in [0.1, 0.15) is 0 Å². The van der Waals surface area contributed by atoms with E-state index in [1.54, 1.807) is 0 Å². The van der Waals surface area contributed by atoms with Gasteiger partial charge in [-0.1, -0.05) is 0 Å². The second-order valence-electron chi connectivity index (χ2n) is 12.0. The van der Waals surface area contributed by atoms with Crippen LogP contribution in [-0.4, -0.2) is 95.1 Å². The number of hydrogen-bond acceptors (Lipinski definition) is 4. The lowest BCUT2D eigenvalue weighted by Crippen LogP contribution is -2.68. The van der Waals surface area contributed by atoms with Crippen molar-refractivity contribution in [3.63, 3.8) is 0 Å². The fourth-order valence-corrected chi connectivity index (χ4v) is 6.03. The Bertz CT molecular complexity index is 501. The van der Waals surface area contributed by atoms with Gasteiger partial charge in [-0.2, -0.15) is 0 Å². The van der Waals surface area contributed by atoms with Gasteiger partial charge in [-0.15, -0.1) is 0 Å². The third kappa shape index (κ3) is 4.10. The van der Waals surface area contributed by atoms with Crippen molar-refractivity contribution in [3.05, 3.63) is 0 Å². The molecule has 0 N–H and O–H groups in total. The molecule has 0 aromatic rings. The van der Waals surface area contributed by atoms with Crippen LogP contribution < -0.4 is 0 Å². The minimum absolute atomic E-state index is 0.334. The summed E-state index contributed by atoms with van der Waals surface area (Å²) in [5, 5.41) is 0. The molecule has 4 rings (SSSR count). The molecule has 0 bridgehead atoms. The Morgan fingerprint density at radius 1 is 0.593 bits per heavy atom. The molecular weight excluding hydrogens is 332 g/mol. The van der Waals surface area contributed by atoms with Crippen LogP contribution >= 0.6 is 0 Å². The summed E-state index contributed by atoms with van der Waals surface area (Å²) >= 11 is 0. The van der Waals surface area contributed by atoms with Crippen molar-refractivity contribution in [3.8, 4) is 0 Å². The molecule has 4 nitrogen and oxygen atoms in total. The average Bonchev–Trinajstić information content (AvgIpc) is 2.51. The molecule has 3 heterocycles. The number of piperazine rings is 1. The normalized spacial score (nSPS) is 30.4. The molecule has 0 radical (unpaired) electrons. The minimum atomic E-state index is 0.334. The van der Waals surface area contributed by atoms with Crippen LogP contribution in [0.15, 0.2) is 0 Å². The van der Waals surface area contributed by atoms with E-state index < -0.39 is 0 Å². The van der Waals surface area contributed by atoms with E-state index in [4.69, 9.17) is 0 Å². The van der Waals surface area contributed by atoms with Gasteiger partial charge in [-0.25, -0.2) is 0 Å². The number of nitrogens with zero attached hydrogens (tertiary/aromatic N) is 4. The van der Waals surface area contributed by atoms with Gasteiger partial charge in [0.05, 0.1) is 0 Å². The zero-order chi connectivity index (χ0) is 19.4. The first-order valence-corrected chi connectivity index (χ1v) is 11.5. The molecule has 0 unspecified atom stereocenters. The van der Waals surface area contributed by atoms with E-state index in [1.165, 1.54) is 78.0 Å². The summed E-state index contributed by atoms with van der Waals surface area (Å²) in [4.78, 5) is 10.9. The number of rotatable bonds is 2. The molecule has 3 saturated heterocycles. The Morgan fingerprint density at radius 2 is 1.07 bits per heavy atom. The monoisotopic (exact) mass is 376 g/mol. The zero-order valence-corrected chi connectivity index (χ0v) is 18.9. The third-order valence-electron chi connectivity index (χ3n) is 8.30. The lowest BCUT2D eigenvalue weighted by atomic mass is 9.59. The predicted octanol–water partition coefficient (Wildman–Crippen LogP) is 3.13. The van der Waals surface area contributed by atoms with E-state index >= 15 is 0 Å². The van der Waals surface area contributed by atoms with Crippen molar-refractivity contribution >= 4 is 0 Å². The van der Waals surface area contributed by atoms with Gasteiger partial charge in [0, 0.05) is 62.4 Å². The highest BCUT2D eigenvalue weighted by Gasteiger charge is 2.51. The smallest absolute Gasteiger partial charge is 0.0351 e. The topological polar surface area (TPSA) is 13.0 Å². The van der Waals surface area contributed by atoms with Crippen LogP contribution in [0.4, 0.5) is 0 Å². The Kier molecular flexibility index (Phi) is 5.19. The first-order chi connectivity index (χ1) is 12.6. The van der Waals surface area contributed by atoms with Crippen LogP contribution in [0.2, 0.25) is 0 Å². The molecule has 156 valence electrons. The number of piperidine rings is 1. The molecule has 0 aromatic carbocycles. The van der Waals surface area contributed by atoms with Crippen LogP contribution in [0.3, 0.4) is 0 Å². The Morgan fingerprint density at radius 3 is 1.56 bits per heavy atom. The summed E-state index contributed by atoms with van der Waals surface area (Å²) in [5.74, 6) is 0. The molecule has 0 atom stereocenters. The third-order valence-corrected chi connectivity index (χ3v) is 8.30. The molecule has 27 heavy (non-hydrogen) atoms. The van der Waals surface area contributed by atoms with Crippen LogP contribution in [0.5, 0.6) is 0 Å². The van der Waals surface area contributed by atoms with E-state index in [-0.39, 0.29) is 0 Å². The summed E-state index contributed by atoms with van der Waals surface area (Å²) in [6.07, 6.45) is 5.84. The summed E-state index contributed by atoms with van der Waals surface area (Å²) in [6, 6.07) is 1.74.